The number of aliphatic carboxylic acids is 1. The topological polar surface area (TPSA) is 52.6 Å². The van der Waals surface area contributed by atoms with E-state index in [2.05, 4.69) is 17.1 Å². The van der Waals surface area contributed by atoms with E-state index >= 15 is 0 Å². The van der Waals surface area contributed by atoms with Crippen LogP contribution >= 0.6 is 0 Å². The molecule has 1 fully saturated rings. The van der Waals surface area contributed by atoms with Gasteiger partial charge in [-0.05, 0) is 37.9 Å². The zero-order valence-electron chi connectivity index (χ0n) is 13.0. The number of benzene rings is 1. The Balaban J connectivity index is 2.32. The van der Waals surface area contributed by atoms with Gasteiger partial charge >= 0.3 is 5.97 Å². The van der Waals surface area contributed by atoms with Gasteiger partial charge in [-0.25, -0.2) is 4.79 Å². The first kappa shape index (κ1) is 16.0. The summed E-state index contributed by atoms with van der Waals surface area (Å²) in [5, 5.41) is 13.2. The quantitative estimate of drug-likeness (QED) is 0.733. The number of hydrogen-bond acceptors (Lipinski definition) is 3. The minimum Gasteiger partial charge on any atom is -0.480 e. The maximum absolute atomic E-state index is 12.1. The van der Waals surface area contributed by atoms with E-state index in [4.69, 9.17) is 0 Å². The largest absolute Gasteiger partial charge is 0.480 e. The van der Waals surface area contributed by atoms with Crippen LogP contribution in [0.4, 0.5) is 0 Å². The SMILES string of the molecule is CCCN(CC(NCC)(C(=O)O)c1ccccc1)C1CC1. The standard InChI is InChI=1S/C17H26N2O2/c1-3-12-19(15-10-11-15)13-17(16(20)21,18-4-2)14-8-6-5-7-9-14/h5-9,15,18H,3-4,10-13H2,1-2H3,(H,20,21). The lowest BCUT2D eigenvalue weighted by molar-refractivity contribution is -0.146. The molecule has 2 rings (SSSR count). The molecule has 1 aliphatic carbocycles. The number of carboxylic acid groups (broad SMARTS) is 1. The van der Waals surface area contributed by atoms with Crippen LogP contribution in [0.5, 0.6) is 0 Å². The fraction of sp³-hybridized carbons (Fsp3) is 0.588. The maximum Gasteiger partial charge on any atom is 0.329 e. The fourth-order valence-electron chi connectivity index (χ4n) is 2.96. The van der Waals surface area contributed by atoms with Crippen LogP contribution < -0.4 is 5.32 Å². The Bertz CT molecular complexity index is 459. The molecule has 1 saturated carbocycles. The van der Waals surface area contributed by atoms with Crippen molar-refractivity contribution >= 4 is 5.97 Å². The van der Waals surface area contributed by atoms with Crippen LogP contribution in [0, 0.1) is 0 Å². The van der Waals surface area contributed by atoms with Gasteiger partial charge in [0.2, 0.25) is 0 Å². The summed E-state index contributed by atoms with van der Waals surface area (Å²) >= 11 is 0. The monoisotopic (exact) mass is 290 g/mol. The van der Waals surface area contributed by atoms with Crippen molar-refractivity contribution in [2.45, 2.75) is 44.7 Å². The first-order valence-electron chi connectivity index (χ1n) is 7.92. The van der Waals surface area contributed by atoms with Crippen molar-refractivity contribution in [1.82, 2.24) is 10.2 Å². The molecule has 1 aromatic rings. The van der Waals surface area contributed by atoms with Crippen LogP contribution in [0.1, 0.15) is 38.7 Å². The van der Waals surface area contributed by atoms with Crippen molar-refractivity contribution in [3.63, 3.8) is 0 Å². The van der Waals surface area contributed by atoms with Gasteiger partial charge in [-0.15, -0.1) is 0 Å². The molecule has 4 nitrogen and oxygen atoms in total. The van der Waals surface area contributed by atoms with Gasteiger partial charge in [0.25, 0.3) is 0 Å². The minimum atomic E-state index is -1.02. The number of nitrogens with one attached hydrogen (secondary N) is 1. The van der Waals surface area contributed by atoms with Gasteiger partial charge in [0.15, 0.2) is 5.54 Å². The molecule has 0 aliphatic heterocycles. The molecule has 1 atom stereocenters. The lowest BCUT2D eigenvalue weighted by Crippen LogP contribution is -2.57. The molecule has 0 bridgehead atoms. The highest BCUT2D eigenvalue weighted by molar-refractivity contribution is 5.81. The van der Waals surface area contributed by atoms with E-state index in [1.807, 2.05) is 37.3 Å². The van der Waals surface area contributed by atoms with Gasteiger partial charge < -0.3 is 5.11 Å². The van der Waals surface area contributed by atoms with Crippen molar-refractivity contribution in [3.8, 4) is 0 Å². The summed E-state index contributed by atoms with van der Waals surface area (Å²) < 4.78 is 0. The van der Waals surface area contributed by atoms with Crippen LogP contribution in [-0.2, 0) is 10.3 Å². The Morgan fingerprint density at radius 1 is 1.33 bits per heavy atom. The molecule has 0 spiro atoms. The smallest absolute Gasteiger partial charge is 0.329 e. The van der Waals surface area contributed by atoms with Crippen LogP contribution in [0.15, 0.2) is 30.3 Å². The molecule has 21 heavy (non-hydrogen) atoms. The minimum absolute atomic E-state index is 0.526. The molecule has 4 heteroatoms. The molecule has 0 amide bonds. The first-order valence-corrected chi connectivity index (χ1v) is 7.92. The molecule has 1 aromatic carbocycles. The molecule has 0 heterocycles. The predicted octanol–water partition coefficient (Wildman–Crippen LogP) is 2.45. The first-order chi connectivity index (χ1) is 10.1. The summed E-state index contributed by atoms with van der Waals surface area (Å²) in [6.45, 7) is 6.22. The number of likely N-dealkylation sites (N-methyl/N-ethyl adjacent to an activating group) is 1. The Morgan fingerprint density at radius 2 is 2.00 bits per heavy atom. The van der Waals surface area contributed by atoms with Gasteiger partial charge in [0, 0.05) is 12.6 Å². The molecule has 0 saturated heterocycles. The van der Waals surface area contributed by atoms with E-state index in [0.717, 1.165) is 18.5 Å². The summed E-state index contributed by atoms with van der Waals surface area (Å²) in [5.74, 6) is -0.794. The Kier molecular flexibility index (Phi) is 5.37. The van der Waals surface area contributed by atoms with E-state index < -0.39 is 11.5 Å². The third-order valence-electron chi connectivity index (χ3n) is 4.12. The predicted molar refractivity (Wildman–Crippen MR) is 84.3 cm³/mol. The summed E-state index contributed by atoms with van der Waals surface area (Å²) in [7, 11) is 0. The fourth-order valence-corrected chi connectivity index (χ4v) is 2.96. The van der Waals surface area contributed by atoms with E-state index in [1.54, 1.807) is 0 Å². The molecule has 116 valence electrons. The number of carbonyl (C=O) groups is 1. The van der Waals surface area contributed by atoms with Crippen LogP contribution in [0.2, 0.25) is 0 Å². The average molecular weight is 290 g/mol. The molecule has 1 unspecified atom stereocenters. The van der Waals surface area contributed by atoms with Gasteiger partial charge in [-0.1, -0.05) is 44.2 Å². The molecular formula is C17H26N2O2. The van der Waals surface area contributed by atoms with Crippen molar-refractivity contribution < 1.29 is 9.90 Å². The van der Waals surface area contributed by atoms with Crippen LogP contribution in [0.3, 0.4) is 0 Å². The van der Waals surface area contributed by atoms with Crippen molar-refractivity contribution in [2.75, 3.05) is 19.6 Å². The average Bonchev–Trinajstić information content (AvgIpc) is 3.31. The highest BCUT2D eigenvalue weighted by Crippen LogP contribution is 2.31. The Hall–Kier alpha value is -1.39. The molecular weight excluding hydrogens is 264 g/mol. The summed E-state index contributed by atoms with van der Waals surface area (Å²) in [4.78, 5) is 14.4. The van der Waals surface area contributed by atoms with Gasteiger partial charge in [0.05, 0.1) is 0 Å². The highest BCUT2D eigenvalue weighted by atomic mass is 16.4. The van der Waals surface area contributed by atoms with Gasteiger partial charge in [0.1, 0.15) is 0 Å². The van der Waals surface area contributed by atoms with E-state index in [1.165, 1.54) is 12.8 Å². The zero-order valence-corrected chi connectivity index (χ0v) is 13.0. The summed E-state index contributed by atoms with van der Waals surface area (Å²) in [5.41, 5.74) is -0.186. The summed E-state index contributed by atoms with van der Waals surface area (Å²) in [6.07, 6.45) is 3.43. The highest BCUT2D eigenvalue weighted by Gasteiger charge is 2.43. The lowest BCUT2D eigenvalue weighted by atomic mass is 9.88. The van der Waals surface area contributed by atoms with E-state index in [-0.39, 0.29) is 0 Å². The maximum atomic E-state index is 12.1. The molecule has 2 N–H and O–H groups in total. The van der Waals surface area contributed by atoms with Crippen LogP contribution in [0.25, 0.3) is 0 Å². The van der Waals surface area contributed by atoms with E-state index in [9.17, 15) is 9.90 Å². The Morgan fingerprint density at radius 3 is 2.48 bits per heavy atom. The van der Waals surface area contributed by atoms with E-state index in [0.29, 0.717) is 19.1 Å². The zero-order chi connectivity index (χ0) is 15.3. The van der Waals surface area contributed by atoms with Crippen molar-refractivity contribution in [1.29, 1.82) is 0 Å². The number of nitrogens with zero attached hydrogens (tertiary/aromatic N) is 1. The molecule has 0 aromatic heterocycles. The number of rotatable bonds is 9. The molecule has 1 aliphatic rings. The Labute approximate surface area is 127 Å². The third kappa shape index (κ3) is 3.63. The second kappa shape index (κ2) is 7.05. The molecule has 0 radical (unpaired) electrons. The van der Waals surface area contributed by atoms with Crippen molar-refractivity contribution in [2.24, 2.45) is 0 Å². The lowest BCUT2D eigenvalue weighted by Gasteiger charge is -2.36. The number of carboxylic acids is 1. The number of hydrogen-bond donors (Lipinski definition) is 2. The normalized spacial score (nSPS) is 17.7. The van der Waals surface area contributed by atoms with Crippen LogP contribution in [-0.4, -0.2) is 41.7 Å². The van der Waals surface area contributed by atoms with Gasteiger partial charge in [-0.2, -0.15) is 0 Å². The second-order valence-corrected chi connectivity index (χ2v) is 5.81. The second-order valence-electron chi connectivity index (χ2n) is 5.81. The third-order valence-corrected chi connectivity index (χ3v) is 4.12. The van der Waals surface area contributed by atoms with Gasteiger partial charge in [-0.3, -0.25) is 10.2 Å². The van der Waals surface area contributed by atoms with Crippen molar-refractivity contribution in [3.05, 3.63) is 35.9 Å². The summed E-state index contributed by atoms with van der Waals surface area (Å²) in [6, 6.07) is 10.1.